The third-order valence-electron chi connectivity index (χ3n) is 2.22. The maximum atomic E-state index is 2.25. The number of benzene rings is 1. The molecule has 0 aliphatic rings. The van der Waals surface area contributed by atoms with Gasteiger partial charge in [0, 0.05) is 32.7 Å². The van der Waals surface area contributed by atoms with E-state index in [1.54, 1.807) is 0 Å². The second-order valence-corrected chi connectivity index (χ2v) is 4.24. The van der Waals surface area contributed by atoms with Crippen LogP contribution in [0.3, 0.4) is 0 Å². The number of hydrogen-bond donors (Lipinski definition) is 0. The smallest absolute Gasteiger partial charge is 0 e. The average molecular weight is 264 g/mol. The third kappa shape index (κ3) is 4.23. The minimum Gasteiger partial charge on any atom is -0.315 e. The first kappa shape index (κ1) is 14.3. The molecule has 14 heavy (non-hydrogen) atoms. The molecule has 1 aromatic rings. The first-order valence-electron chi connectivity index (χ1n) is 4.98. The average Bonchev–Trinajstić information content (AvgIpc) is 2.03. The predicted octanol–water partition coefficient (Wildman–Crippen LogP) is 3.96. The summed E-state index contributed by atoms with van der Waals surface area (Å²) in [5.74, 6) is 2.11. The molecule has 0 nitrogen and oxygen atoms in total. The van der Waals surface area contributed by atoms with Gasteiger partial charge in [-0.1, -0.05) is 43.7 Å². The minimum absolute atomic E-state index is 0. The number of rotatable bonds is 3. The maximum Gasteiger partial charge on any atom is 0 e. The van der Waals surface area contributed by atoms with Crippen LogP contribution in [0, 0.1) is 5.92 Å². The van der Waals surface area contributed by atoms with Gasteiger partial charge in [0.1, 0.15) is 0 Å². The Balaban J connectivity index is 0.00000169. The van der Waals surface area contributed by atoms with Crippen LogP contribution in [0.15, 0.2) is 24.3 Å². The van der Waals surface area contributed by atoms with Crippen molar-refractivity contribution < 1.29 is 32.7 Å². The Morgan fingerprint density at radius 3 is 2.21 bits per heavy atom. The Hall–Kier alpha value is 0.324. The quantitative estimate of drug-likeness (QED) is 0.725. The molecule has 0 atom stereocenters. The summed E-state index contributed by atoms with van der Waals surface area (Å²) < 4.78 is 0. The normalized spacial score (nSPS) is 10.4. The molecule has 0 saturated heterocycles. The topological polar surface area (TPSA) is 0 Å². The van der Waals surface area contributed by atoms with E-state index < -0.39 is 0 Å². The molecule has 0 aromatic heterocycles. The summed E-state index contributed by atoms with van der Waals surface area (Å²) in [5.41, 5.74) is 2.97. The van der Waals surface area contributed by atoms with E-state index in [0.29, 0.717) is 5.92 Å². The molecule has 1 aromatic carbocycles. The van der Waals surface area contributed by atoms with Crippen LogP contribution in [-0.2, 0) is 39.1 Å². The van der Waals surface area contributed by atoms with E-state index in [4.69, 9.17) is 0 Å². The third-order valence-corrected chi connectivity index (χ3v) is 2.22. The van der Waals surface area contributed by atoms with Gasteiger partial charge in [0.15, 0.2) is 0 Å². The Bertz CT molecular complexity index is 264. The van der Waals surface area contributed by atoms with E-state index in [-0.39, 0.29) is 32.7 Å². The molecule has 0 N–H and O–H groups in total. The van der Waals surface area contributed by atoms with Crippen LogP contribution in [0.2, 0.25) is 0 Å². The Morgan fingerprint density at radius 1 is 1.14 bits per heavy atom. The van der Waals surface area contributed by atoms with E-state index in [2.05, 4.69) is 52.0 Å². The van der Waals surface area contributed by atoms with Crippen LogP contribution in [0.1, 0.15) is 44.7 Å². The first-order valence-corrected chi connectivity index (χ1v) is 4.98. The van der Waals surface area contributed by atoms with Crippen LogP contribution >= 0.6 is 0 Å². The summed E-state index contributed by atoms with van der Waals surface area (Å²) in [4.78, 5) is 0. The van der Waals surface area contributed by atoms with Crippen LogP contribution in [0.25, 0.3) is 0 Å². The van der Waals surface area contributed by atoms with Crippen molar-refractivity contribution in [3.63, 3.8) is 0 Å². The molecule has 1 rings (SSSR count). The molecule has 75 valence electrons. The van der Waals surface area contributed by atoms with Crippen LogP contribution < -0.4 is 0 Å². The van der Waals surface area contributed by atoms with Gasteiger partial charge in [-0.3, -0.25) is 0 Å². The summed E-state index contributed by atoms with van der Waals surface area (Å²) in [6, 6.07) is 8.74. The van der Waals surface area contributed by atoms with Crippen molar-refractivity contribution in [1.82, 2.24) is 0 Å². The molecule has 0 saturated carbocycles. The Kier molecular flexibility index (Phi) is 6.90. The molecule has 0 amide bonds. The molecular formula is C13H19Y-. The van der Waals surface area contributed by atoms with Crippen molar-refractivity contribution >= 4 is 0 Å². The Morgan fingerprint density at radius 2 is 1.71 bits per heavy atom. The van der Waals surface area contributed by atoms with Gasteiger partial charge in [-0.15, -0.1) is 0 Å². The van der Waals surface area contributed by atoms with Gasteiger partial charge in [-0.05, 0) is 11.5 Å². The van der Waals surface area contributed by atoms with E-state index in [1.165, 1.54) is 17.0 Å². The van der Waals surface area contributed by atoms with Crippen molar-refractivity contribution in [3.8, 4) is 0 Å². The Labute approximate surface area is 113 Å². The van der Waals surface area contributed by atoms with Crippen molar-refractivity contribution in [1.29, 1.82) is 0 Å². The molecule has 0 aliphatic heterocycles. The zero-order chi connectivity index (χ0) is 9.84. The molecular weight excluding hydrogens is 245 g/mol. The number of hydrogen-bond acceptors (Lipinski definition) is 0. The van der Waals surface area contributed by atoms with Gasteiger partial charge < -0.3 is 5.92 Å². The van der Waals surface area contributed by atoms with Gasteiger partial charge in [0.2, 0.25) is 0 Å². The molecule has 0 fully saturated rings. The predicted molar refractivity (Wildman–Crippen MR) is 58.8 cm³/mol. The zero-order valence-corrected chi connectivity index (χ0v) is 12.5. The van der Waals surface area contributed by atoms with Crippen molar-refractivity contribution in [2.45, 2.75) is 40.0 Å². The van der Waals surface area contributed by atoms with Gasteiger partial charge in [-0.25, -0.2) is 0 Å². The van der Waals surface area contributed by atoms with Crippen molar-refractivity contribution in [3.05, 3.63) is 41.3 Å². The minimum atomic E-state index is 0. The van der Waals surface area contributed by atoms with Gasteiger partial charge in [-0.2, -0.15) is 20.3 Å². The van der Waals surface area contributed by atoms with E-state index in [0.717, 1.165) is 6.42 Å². The fourth-order valence-electron chi connectivity index (χ4n) is 1.64. The fraction of sp³-hybridized carbons (Fsp3) is 0.462. The molecule has 1 heteroatoms. The second-order valence-electron chi connectivity index (χ2n) is 4.24. The second kappa shape index (κ2) is 6.74. The summed E-state index contributed by atoms with van der Waals surface area (Å²) in [6.45, 7) is 8.89. The largest absolute Gasteiger partial charge is 0.315 e. The van der Waals surface area contributed by atoms with Crippen LogP contribution in [0.5, 0.6) is 0 Å². The zero-order valence-electron chi connectivity index (χ0n) is 9.67. The van der Waals surface area contributed by atoms with E-state index in [1.807, 2.05) is 0 Å². The first-order chi connectivity index (χ1) is 6.11. The monoisotopic (exact) mass is 264 g/mol. The van der Waals surface area contributed by atoms with E-state index in [9.17, 15) is 0 Å². The van der Waals surface area contributed by atoms with Crippen LogP contribution in [0.4, 0.5) is 0 Å². The van der Waals surface area contributed by atoms with Crippen molar-refractivity contribution in [2.24, 2.45) is 0 Å². The fourth-order valence-corrected chi connectivity index (χ4v) is 1.64. The van der Waals surface area contributed by atoms with Crippen molar-refractivity contribution in [2.75, 3.05) is 0 Å². The standard InChI is InChI=1S/C13H19.Y/c1-10(2)9-12-7-5-6-8-13(12)11(3)4;/h5-8,11H,9H2,1-4H3;/q-1;. The summed E-state index contributed by atoms with van der Waals surface area (Å²) >= 11 is 0. The molecule has 0 aliphatic carbocycles. The molecule has 0 bridgehead atoms. The van der Waals surface area contributed by atoms with Crippen LogP contribution in [-0.4, -0.2) is 0 Å². The molecule has 0 unspecified atom stereocenters. The summed E-state index contributed by atoms with van der Waals surface area (Å²) in [7, 11) is 0. The summed E-state index contributed by atoms with van der Waals surface area (Å²) in [5, 5.41) is 0. The van der Waals surface area contributed by atoms with E-state index >= 15 is 0 Å². The van der Waals surface area contributed by atoms with Gasteiger partial charge >= 0.3 is 0 Å². The molecule has 0 heterocycles. The molecule has 0 spiro atoms. The maximum absolute atomic E-state index is 2.25. The molecule has 1 radical (unpaired) electrons. The van der Waals surface area contributed by atoms with Gasteiger partial charge in [0.05, 0.1) is 0 Å². The van der Waals surface area contributed by atoms with Gasteiger partial charge in [0.25, 0.3) is 0 Å². The summed E-state index contributed by atoms with van der Waals surface area (Å²) in [6.07, 6.45) is 1.12. The SMILES string of the molecule is C[C-](C)Cc1ccccc1C(C)C.[Y].